The lowest BCUT2D eigenvalue weighted by Gasteiger charge is -2.04. The molecule has 0 aliphatic carbocycles. The molecule has 1 aromatic carbocycles. The summed E-state index contributed by atoms with van der Waals surface area (Å²) in [5, 5.41) is 2.95. The fraction of sp³-hybridized carbons (Fsp3) is 0.286. The Kier molecular flexibility index (Phi) is 3.70. The largest absolute Gasteiger partial charge is 0.357 e. The molecular weight excluding hydrogens is 210 g/mol. The van der Waals surface area contributed by atoms with Crippen molar-refractivity contribution in [2.75, 3.05) is 12.4 Å². The Morgan fingerprint density at radius 1 is 1.12 bits per heavy atom. The predicted octanol–water partition coefficient (Wildman–Crippen LogP) is 3.14. The maximum atomic E-state index is 4.41. The van der Waals surface area contributed by atoms with E-state index < -0.39 is 0 Å². The fourth-order valence-corrected chi connectivity index (χ4v) is 1.77. The molecule has 0 radical (unpaired) electrons. The quantitative estimate of drug-likeness (QED) is 0.872. The van der Waals surface area contributed by atoms with Gasteiger partial charge in [0.1, 0.15) is 0 Å². The normalized spacial score (nSPS) is 10.2. The lowest BCUT2D eigenvalue weighted by Crippen LogP contribution is -1.96. The number of aromatic nitrogens is 2. The summed E-state index contributed by atoms with van der Waals surface area (Å²) in [4.78, 5) is 8.52. The molecule has 0 saturated heterocycles. The molecule has 0 fully saturated rings. The van der Waals surface area contributed by atoms with Gasteiger partial charge in [0.2, 0.25) is 5.95 Å². The molecule has 1 aromatic heterocycles. The van der Waals surface area contributed by atoms with E-state index in [1.54, 1.807) is 6.20 Å². The van der Waals surface area contributed by atoms with Crippen molar-refractivity contribution < 1.29 is 0 Å². The van der Waals surface area contributed by atoms with Gasteiger partial charge in [0.05, 0.1) is 5.69 Å². The number of nitrogens with one attached hydrogen (secondary N) is 1. The van der Waals surface area contributed by atoms with Crippen LogP contribution in [0.5, 0.6) is 0 Å². The summed E-state index contributed by atoms with van der Waals surface area (Å²) in [5.74, 6) is 0.653. The summed E-state index contributed by atoms with van der Waals surface area (Å²) >= 11 is 0. The molecule has 0 atom stereocenters. The lowest BCUT2D eigenvalue weighted by atomic mass is 10.1. The van der Waals surface area contributed by atoms with Gasteiger partial charge in [-0.2, -0.15) is 0 Å². The van der Waals surface area contributed by atoms with Crippen molar-refractivity contribution in [1.82, 2.24) is 9.97 Å². The highest BCUT2D eigenvalue weighted by Gasteiger charge is 2.01. The minimum atomic E-state index is 0.653. The first-order chi connectivity index (χ1) is 8.33. The van der Waals surface area contributed by atoms with Crippen molar-refractivity contribution in [3.63, 3.8) is 0 Å². The van der Waals surface area contributed by atoms with Crippen LogP contribution >= 0.6 is 0 Å². The van der Waals surface area contributed by atoms with E-state index in [1.807, 2.05) is 13.1 Å². The lowest BCUT2D eigenvalue weighted by molar-refractivity contribution is 0.922. The first-order valence-corrected chi connectivity index (χ1v) is 5.93. The zero-order chi connectivity index (χ0) is 12.1. The van der Waals surface area contributed by atoms with Crippen LogP contribution in [0.3, 0.4) is 0 Å². The smallest absolute Gasteiger partial charge is 0.222 e. The minimum Gasteiger partial charge on any atom is -0.357 e. The van der Waals surface area contributed by atoms with E-state index in [4.69, 9.17) is 0 Å². The Morgan fingerprint density at radius 3 is 2.53 bits per heavy atom. The average molecular weight is 227 g/mol. The molecule has 2 rings (SSSR count). The van der Waals surface area contributed by atoms with Gasteiger partial charge in [-0.1, -0.05) is 37.6 Å². The van der Waals surface area contributed by atoms with Crippen LogP contribution in [0, 0.1) is 0 Å². The monoisotopic (exact) mass is 227 g/mol. The second-order valence-electron chi connectivity index (χ2n) is 3.96. The van der Waals surface area contributed by atoms with Crippen LogP contribution in [0.2, 0.25) is 0 Å². The number of rotatable bonds is 4. The SMILES string of the molecule is CCCc1ccc(-c2ccnc(NC)n2)cc1. The summed E-state index contributed by atoms with van der Waals surface area (Å²) < 4.78 is 0. The van der Waals surface area contributed by atoms with E-state index in [2.05, 4.69) is 46.5 Å². The average Bonchev–Trinajstić information content (AvgIpc) is 2.40. The minimum absolute atomic E-state index is 0.653. The molecule has 0 bridgehead atoms. The van der Waals surface area contributed by atoms with Gasteiger partial charge in [-0.25, -0.2) is 9.97 Å². The van der Waals surface area contributed by atoms with Crippen LogP contribution in [0.4, 0.5) is 5.95 Å². The second kappa shape index (κ2) is 5.43. The Balaban J connectivity index is 2.26. The molecular formula is C14H17N3. The first-order valence-electron chi connectivity index (χ1n) is 5.93. The number of benzene rings is 1. The van der Waals surface area contributed by atoms with Gasteiger partial charge in [-0.3, -0.25) is 0 Å². The number of nitrogens with zero attached hydrogens (tertiary/aromatic N) is 2. The summed E-state index contributed by atoms with van der Waals surface area (Å²) in [6.45, 7) is 2.19. The highest BCUT2D eigenvalue weighted by Crippen LogP contribution is 2.18. The van der Waals surface area contributed by atoms with Crippen LogP contribution < -0.4 is 5.32 Å². The van der Waals surface area contributed by atoms with Crippen LogP contribution in [0.15, 0.2) is 36.5 Å². The Labute approximate surface area is 102 Å². The Morgan fingerprint density at radius 2 is 1.88 bits per heavy atom. The van der Waals surface area contributed by atoms with Crippen molar-refractivity contribution in [2.24, 2.45) is 0 Å². The molecule has 0 spiro atoms. The Bertz CT molecular complexity index is 477. The van der Waals surface area contributed by atoms with E-state index in [9.17, 15) is 0 Å². The van der Waals surface area contributed by atoms with Gasteiger partial charge in [0.15, 0.2) is 0 Å². The van der Waals surface area contributed by atoms with E-state index in [-0.39, 0.29) is 0 Å². The highest BCUT2D eigenvalue weighted by molar-refractivity contribution is 5.60. The third-order valence-electron chi connectivity index (χ3n) is 2.67. The molecule has 0 aliphatic heterocycles. The summed E-state index contributed by atoms with van der Waals surface area (Å²) in [6.07, 6.45) is 4.08. The third-order valence-corrected chi connectivity index (χ3v) is 2.67. The standard InChI is InChI=1S/C14H17N3/c1-3-4-11-5-7-12(8-6-11)13-9-10-16-14(15-2)17-13/h5-10H,3-4H2,1-2H3,(H,15,16,17). The molecule has 0 saturated carbocycles. The summed E-state index contributed by atoms with van der Waals surface area (Å²) in [7, 11) is 1.82. The van der Waals surface area contributed by atoms with Gasteiger partial charge in [0, 0.05) is 18.8 Å². The number of aryl methyl sites for hydroxylation is 1. The molecule has 0 aliphatic rings. The van der Waals surface area contributed by atoms with E-state index in [1.165, 1.54) is 12.0 Å². The van der Waals surface area contributed by atoms with Crippen LogP contribution in [-0.2, 0) is 6.42 Å². The van der Waals surface area contributed by atoms with Crippen LogP contribution in [-0.4, -0.2) is 17.0 Å². The molecule has 1 heterocycles. The van der Waals surface area contributed by atoms with Gasteiger partial charge in [0.25, 0.3) is 0 Å². The number of hydrogen-bond donors (Lipinski definition) is 1. The molecule has 3 heteroatoms. The van der Waals surface area contributed by atoms with Crippen LogP contribution in [0.25, 0.3) is 11.3 Å². The summed E-state index contributed by atoms with van der Waals surface area (Å²) in [6, 6.07) is 10.5. The number of anilines is 1. The second-order valence-corrected chi connectivity index (χ2v) is 3.96. The third kappa shape index (κ3) is 2.81. The highest BCUT2D eigenvalue weighted by atomic mass is 15.1. The van der Waals surface area contributed by atoms with Crippen molar-refractivity contribution in [3.05, 3.63) is 42.1 Å². The summed E-state index contributed by atoms with van der Waals surface area (Å²) in [5.41, 5.74) is 3.45. The van der Waals surface area contributed by atoms with Crippen LogP contribution in [0.1, 0.15) is 18.9 Å². The van der Waals surface area contributed by atoms with E-state index in [0.717, 1.165) is 17.7 Å². The van der Waals surface area contributed by atoms with Crippen molar-refractivity contribution >= 4 is 5.95 Å². The van der Waals surface area contributed by atoms with Crippen molar-refractivity contribution in [3.8, 4) is 11.3 Å². The predicted molar refractivity (Wildman–Crippen MR) is 71.0 cm³/mol. The van der Waals surface area contributed by atoms with Crippen molar-refractivity contribution in [2.45, 2.75) is 19.8 Å². The van der Waals surface area contributed by atoms with E-state index in [0.29, 0.717) is 5.95 Å². The number of hydrogen-bond acceptors (Lipinski definition) is 3. The molecule has 2 aromatic rings. The molecule has 0 amide bonds. The topological polar surface area (TPSA) is 37.8 Å². The maximum Gasteiger partial charge on any atom is 0.222 e. The fourth-order valence-electron chi connectivity index (χ4n) is 1.77. The van der Waals surface area contributed by atoms with Gasteiger partial charge < -0.3 is 5.32 Å². The van der Waals surface area contributed by atoms with Gasteiger partial charge in [-0.05, 0) is 18.1 Å². The zero-order valence-corrected chi connectivity index (χ0v) is 10.3. The molecule has 1 N–H and O–H groups in total. The molecule has 0 unspecified atom stereocenters. The van der Waals surface area contributed by atoms with Gasteiger partial charge >= 0.3 is 0 Å². The zero-order valence-electron chi connectivity index (χ0n) is 10.3. The van der Waals surface area contributed by atoms with Crippen molar-refractivity contribution in [1.29, 1.82) is 0 Å². The van der Waals surface area contributed by atoms with E-state index >= 15 is 0 Å². The Hall–Kier alpha value is -1.90. The first kappa shape index (κ1) is 11.6. The maximum absolute atomic E-state index is 4.41. The molecule has 3 nitrogen and oxygen atoms in total. The molecule has 17 heavy (non-hydrogen) atoms. The molecule has 88 valence electrons. The van der Waals surface area contributed by atoms with Gasteiger partial charge in [-0.15, -0.1) is 0 Å².